The van der Waals surface area contributed by atoms with E-state index in [1.165, 1.54) is 0 Å². The van der Waals surface area contributed by atoms with Gasteiger partial charge in [0.1, 0.15) is 22.6 Å². The zero-order valence-electron chi connectivity index (χ0n) is 20.1. The molecule has 8 nitrogen and oxygen atoms in total. The van der Waals surface area contributed by atoms with Gasteiger partial charge in [-0.3, -0.25) is 4.79 Å². The summed E-state index contributed by atoms with van der Waals surface area (Å²) in [7, 11) is 1.00. The Morgan fingerprint density at radius 1 is 0.941 bits per heavy atom. The van der Waals surface area contributed by atoms with Crippen LogP contribution in [-0.4, -0.2) is 40.2 Å². The van der Waals surface area contributed by atoms with Crippen LogP contribution in [-0.2, 0) is 6.42 Å². The third-order valence-electron chi connectivity index (χ3n) is 5.49. The third-order valence-corrected chi connectivity index (χ3v) is 5.49. The maximum Gasteiger partial charge on any atom is 0.348 e. The molecule has 0 atom stereocenters. The Bertz CT molecular complexity index is 1070. The van der Waals surface area contributed by atoms with Gasteiger partial charge in [0.15, 0.2) is 17.3 Å². The molecule has 0 saturated heterocycles. The fraction of sp³-hybridized carbons (Fsp3) is 0.423. The number of aryl methyl sites for hydroxylation is 1. The number of esters is 1. The molecular weight excluding hydrogens is 440 g/mol. The minimum atomic E-state index is -1.30. The number of aliphatic hydroxyl groups is 1. The first kappa shape index (κ1) is 26.9. The summed E-state index contributed by atoms with van der Waals surface area (Å²) in [5.41, 5.74) is 0.961. The van der Waals surface area contributed by atoms with Crippen molar-refractivity contribution in [2.45, 2.75) is 65.7 Å². The molecule has 184 valence electrons. The van der Waals surface area contributed by atoms with E-state index in [1.807, 2.05) is 13.8 Å². The quantitative estimate of drug-likeness (QED) is 0.190. The van der Waals surface area contributed by atoms with Gasteiger partial charge in [-0.1, -0.05) is 33.1 Å². The van der Waals surface area contributed by atoms with Crippen molar-refractivity contribution in [3.05, 3.63) is 46.0 Å². The number of benzene rings is 2. The van der Waals surface area contributed by atoms with Gasteiger partial charge < -0.3 is 24.8 Å². The molecule has 2 aromatic carbocycles. The molecular formula is C26H32O8. The van der Waals surface area contributed by atoms with Crippen molar-refractivity contribution in [3.63, 3.8) is 0 Å². The number of phenols is 1. The van der Waals surface area contributed by atoms with Crippen LogP contribution in [0.5, 0.6) is 23.0 Å². The molecule has 1 aliphatic rings. The number of Topliss-reactive ketones (excluding diaryl/α,β-unsaturated/α-hetero) is 1. The highest BCUT2D eigenvalue weighted by Crippen LogP contribution is 2.46. The number of aromatic hydroxyl groups is 1. The highest BCUT2D eigenvalue weighted by Gasteiger charge is 2.33. The number of unbranched alkanes of at least 4 members (excludes halogenated alkanes) is 3. The van der Waals surface area contributed by atoms with E-state index in [0.717, 1.165) is 38.0 Å². The largest absolute Gasteiger partial charge is 0.507 e. The van der Waals surface area contributed by atoms with Crippen LogP contribution >= 0.6 is 0 Å². The molecule has 0 aromatic heterocycles. The lowest BCUT2D eigenvalue weighted by Gasteiger charge is -2.16. The number of rotatable bonds is 9. The first-order valence-electron chi connectivity index (χ1n) is 11.4. The SMILES string of the molecule is CCCCCc1c2c(cc(O)c1C(=O)O)OC(=O)c1c(cc(C)cc1C(=O)CCCC)O2.CO. The van der Waals surface area contributed by atoms with Crippen LogP contribution in [0.3, 0.4) is 0 Å². The number of carboxylic acids is 1. The number of ether oxygens (including phenoxy) is 2. The van der Waals surface area contributed by atoms with Crippen LogP contribution in [0, 0.1) is 6.92 Å². The van der Waals surface area contributed by atoms with Crippen molar-refractivity contribution >= 4 is 17.7 Å². The van der Waals surface area contributed by atoms with E-state index in [2.05, 4.69) is 0 Å². The third kappa shape index (κ3) is 5.75. The molecule has 1 heterocycles. The van der Waals surface area contributed by atoms with Crippen LogP contribution in [0.25, 0.3) is 0 Å². The molecule has 2 aromatic rings. The zero-order valence-corrected chi connectivity index (χ0v) is 20.1. The Morgan fingerprint density at radius 3 is 2.24 bits per heavy atom. The monoisotopic (exact) mass is 472 g/mol. The van der Waals surface area contributed by atoms with Gasteiger partial charge in [-0.15, -0.1) is 0 Å². The summed E-state index contributed by atoms with van der Waals surface area (Å²) in [5, 5.41) is 27.1. The van der Waals surface area contributed by atoms with Crippen molar-refractivity contribution in [3.8, 4) is 23.0 Å². The van der Waals surface area contributed by atoms with Crippen molar-refractivity contribution in [2.75, 3.05) is 7.11 Å². The smallest absolute Gasteiger partial charge is 0.348 e. The molecule has 34 heavy (non-hydrogen) atoms. The summed E-state index contributed by atoms with van der Waals surface area (Å²) in [6.45, 7) is 5.79. The summed E-state index contributed by atoms with van der Waals surface area (Å²) >= 11 is 0. The number of fused-ring (bicyclic) bond motifs is 2. The highest BCUT2D eigenvalue weighted by atomic mass is 16.6. The molecule has 8 heteroatoms. The topological polar surface area (TPSA) is 130 Å². The minimum absolute atomic E-state index is 0.0174. The van der Waals surface area contributed by atoms with Gasteiger partial charge in [0, 0.05) is 30.7 Å². The zero-order chi connectivity index (χ0) is 25.4. The summed E-state index contributed by atoms with van der Waals surface area (Å²) in [4.78, 5) is 37.7. The normalized spacial score (nSPS) is 11.7. The van der Waals surface area contributed by atoms with Gasteiger partial charge in [-0.2, -0.15) is 0 Å². The number of hydrogen-bond donors (Lipinski definition) is 3. The van der Waals surface area contributed by atoms with E-state index in [-0.39, 0.29) is 45.3 Å². The van der Waals surface area contributed by atoms with Crippen molar-refractivity contribution in [2.24, 2.45) is 0 Å². The second kappa shape index (κ2) is 12.2. The lowest BCUT2D eigenvalue weighted by Crippen LogP contribution is -2.14. The molecule has 0 aliphatic carbocycles. The lowest BCUT2D eigenvalue weighted by molar-refractivity contribution is 0.0691. The van der Waals surface area contributed by atoms with E-state index in [4.69, 9.17) is 14.6 Å². The minimum Gasteiger partial charge on any atom is -0.507 e. The van der Waals surface area contributed by atoms with E-state index < -0.39 is 17.7 Å². The molecule has 3 N–H and O–H groups in total. The highest BCUT2D eigenvalue weighted by molar-refractivity contribution is 6.09. The van der Waals surface area contributed by atoms with Crippen molar-refractivity contribution in [1.82, 2.24) is 0 Å². The predicted octanol–water partition coefficient (Wildman–Crippen LogP) is 5.44. The molecule has 0 spiro atoms. The van der Waals surface area contributed by atoms with E-state index in [1.54, 1.807) is 19.1 Å². The number of carbonyl (C=O) groups excluding carboxylic acids is 2. The fourth-order valence-electron chi connectivity index (χ4n) is 3.89. The van der Waals surface area contributed by atoms with E-state index in [9.17, 15) is 24.6 Å². The van der Waals surface area contributed by atoms with Crippen LogP contribution in [0.2, 0.25) is 0 Å². The molecule has 3 rings (SSSR count). The lowest BCUT2D eigenvalue weighted by atomic mass is 9.97. The van der Waals surface area contributed by atoms with Crippen molar-refractivity contribution < 1.29 is 39.2 Å². The Hall–Kier alpha value is -3.39. The predicted molar refractivity (Wildman–Crippen MR) is 127 cm³/mol. The second-order valence-corrected chi connectivity index (χ2v) is 8.04. The van der Waals surface area contributed by atoms with Crippen LogP contribution in [0.1, 0.15) is 94.6 Å². The number of carbonyl (C=O) groups is 3. The van der Waals surface area contributed by atoms with Gasteiger partial charge >= 0.3 is 11.9 Å². The Balaban J connectivity index is 0.00000199. The number of ketones is 1. The maximum atomic E-state index is 13.0. The number of aromatic carboxylic acids is 1. The molecule has 0 amide bonds. The van der Waals surface area contributed by atoms with Crippen molar-refractivity contribution in [1.29, 1.82) is 0 Å². The Kier molecular flexibility index (Phi) is 9.62. The summed E-state index contributed by atoms with van der Waals surface area (Å²) in [5.74, 6) is -2.59. The van der Waals surface area contributed by atoms with Gasteiger partial charge in [0.05, 0.1) is 0 Å². The van der Waals surface area contributed by atoms with E-state index in [0.29, 0.717) is 25.7 Å². The molecule has 0 radical (unpaired) electrons. The summed E-state index contributed by atoms with van der Waals surface area (Å²) in [6, 6.07) is 4.35. The molecule has 1 aliphatic heterocycles. The van der Waals surface area contributed by atoms with Crippen LogP contribution < -0.4 is 9.47 Å². The average Bonchev–Trinajstić information content (AvgIpc) is 2.93. The van der Waals surface area contributed by atoms with E-state index >= 15 is 0 Å². The standard InChI is InChI=1S/C25H28O7.CH4O/c1-4-6-8-9-15-21(24(28)29)18(27)13-20-23(15)31-19-12-14(3)11-16(17(26)10-7-5-2)22(19)25(30)32-20;1-2/h11-13,27H,4-10H2,1-3H3,(H,28,29);2H,1H3. The molecule has 0 fully saturated rings. The molecule has 0 bridgehead atoms. The first-order valence-corrected chi connectivity index (χ1v) is 11.4. The number of hydrogen-bond acceptors (Lipinski definition) is 7. The Morgan fingerprint density at radius 2 is 1.62 bits per heavy atom. The molecule has 0 saturated carbocycles. The van der Waals surface area contributed by atoms with Crippen LogP contribution in [0.15, 0.2) is 18.2 Å². The maximum absolute atomic E-state index is 13.0. The average molecular weight is 473 g/mol. The first-order chi connectivity index (χ1) is 16.3. The Labute approximate surface area is 199 Å². The fourth-order valence-corrected chi connectivity index (χ4v) is 3.89. The number of carboxylic acid groups (broad SMARTS) is 1. The van der Waals surface area contributed by atoms with Gasteiger partial charge in [0.25, 0.3) is 0 Å². The van der Waals surface area contributed by atoms with Gasteiger partial charge in [0.2, 0.25) is 0 Å². The number of aliphatic hydroxyl groups excluding tert-OH is 1. The van der Waals surface area contributed by atoms with Gasteiger partial charge in [-0.25, -0.2) is 9.59 Å². The van der Waals surface area contributed by atoms with Crippen LogP contribution in [0.4, 0.5) is 0 Å². The molecule has 0 unspecified atom stereocenters. The summed E-state index contributed by atoms with van der Waals surface area (Å²) < 4.78 is 11.6. The second-order valence-electron chi connectivity index (χ2n) is 8.04. The van der Waals surface area contributed by atoms with Gasteiger partial charge in [-0.05, 0) is 43.9 Å². The summed E-state index contributed by atoms with van der Waals surface area (Å²) in [6.07, 6.45) is 4.59.